The summed E-state index contributed by atoms with van der Waals surface area (Å²) in [6.45, 7) is 7.48. The molecule has 1 aromatic heterocycles. The Bertz CT molecular complexity index is 738. The summed E-state index contributed by atoms with van der Waals surface area (Å²) in [6.07, 6.45) is 0.0844. The summed E-state index contributed by atoms with van der Waals surface area (Å²) in [6, 6.07) is 5.18. The molecule has 0 amide bonds. The monoisotopic (exact) mass is 288 g/mol. The second-order valence-electron chi connectivity index (χ2n) is 6.23. The molecule has 1 atom stereocenters. The zero-order valence-electron chi connectivity index (χ0n) is 12.5. The molecule has 0 radical (unpaired) electrons. The third-order valence-corrected chi connectivity index (χ3v) is 3.59. The van der Waals surface area contributed by atoms with E-state index in [4.69, 9.17) is 10.5 Å². The van der Waals surface area contributed by atoms with Crippen LogP contribution in [-0.4, -0.2) is 34.8 Å². The van der Waals surface area contributed by atoms with Crippen molar-refractivity contribution in [1.82, 2.24) is 9.97 Å². The lowest BCUT2D eigenvalue weighted by atomic mass is 10.1. The summed E-state index contributed by atoms with van der Waals surface area (Å²) >= 11 is 0. The van der Waals surface area contributed by atoms with Gasteiger partial charge in [0.1, 0.15) is 0 Å². The molecule has 3 rings (SSSR count). The van der Waals surface area contributed by atoms with Gasteiger partial charge in [-0.1, -0.05) is 0 Å². The third-order valence-electron chi connectivity index (χ3n) is 3.59. The first-order valence-electron chi connectivity index (χ1n) is 7.06. The Labute approximate surface area is 122 Å². The minimum atomic E-state index is -0.272. The van der Waals surface area contributed by atoms with Crippen LogP contribution >= 0.6 is 0 Å². The minimum absolute atomic E-state index is 0.0844. The number of H-pyrrole nitrogens is 1. The smallest absolute Gasteiger partial charge is 0.260 e. The molecule has 0 bridgehead atoms. The summed E-state index contributed by atoms with van der Waals surface area (Å²) in [4.78, 5) is 21.7. The highest BCUT2D eigenvalue weighted by Crippen LogP contribution is 2.24. The van der Waals surface area contributed by atoms with Crippen LogP contribution in [0.3, 0.4) is 0 Å². The number of morpholine rings is 1. The topological polar surface area (TPSA) is 84.2 Å². The lowest BCUT2D eigenvalue weighted by molar-refractivity contribution is -0.0753. The first-order valence-corrected chi connectivity index (χ1v) is 7.06. The van der Waals surface area contributed by atoms with Crippen LogP contribution in [0.25, 0.3) is 10.9 Å². The fourth-order valence-corrected chi connectivity index (χ4v) is 2.91. The molecule has 1 unspecified atom stereocenters. The maximum absolute atomic E-state index is 12.2. The molecule has 6 heteroatoms. The van der Waals surface area contributed by atoms with Crippen LogP contribution in [0, 0.1) is 0 Å². The molecule has 1 aliphatic heterocycles. The van der Waals surface area contributed by atoms with Crippen molar-refractivity contribution in [3.8, 4) is 0 Å². The minimum Gasteiger partial charge on any atom is -0.399 e. The van der Waals surface area contributed by atoms with E-state index in [9.17, 15) is 4.79 Å². The van der Waals surface area contributed by atoms with Gasteiger partial charge in [-0.3, -0.25) is 9.78 Å². The average Bonchev–Trinajstić information content (AvgIpc) is 2.37. The summed E-state index contributed by atoms with van der Waals surface area (Å²) < 4.78 is 5.88. The Morgan fingerprint density at radius 3 is 2.95 bits per heavy atom. The van der Waals surface area contributed by atoms with E-state index < -0.39 is 0 Å². The Balaban J connectivity index is 2.05. The van der Waals surface area contributed by atoms with E-state index >= 15 is 0 Å². The summed E-state index contributed by atoms with van der Waals surface area (Å²) in [5.74, 6) is 0.584. The predicted octanol–water partition coefficient (Wildman–Crippen LogP) is 1.51. The number of nitrogens with one attached hydrogen (secondary N) is 1. The van der Waals surface area contributed by atoms with Gasteiger partial charge in [0.05, 0.1) is 22.6 Å². The van der Waals surface area contributed by atoms with Crippen molar-refractivity contribution in [2.24, 2.45) is 0 Å². The van der Waals surface area contributed by atoms with Gasteiger partial charge in [0.15, 0.2) is 0 Å². The van der Waals surface area contributed by atoms with Crippen molar-refractivity contribution < 1.29 is 4.74 Å². The molecule has 0 spiro atoms. The van der Waals surface area contributed by atoms with Crippen molar-refractivity contribution in [3.63, 3.8) is 0 Å². The second-order valence-corrected chi connectivity index (χ2v) is 6.23. The van der Waals surface area contributed by atoms with E-state index in [0.29, 0.717) is 35.6 Å². The maximum atomic E-state index is 12.2. The number of ether oxygens (including phenoxy) is 1. The molecular weight excluding hydrogens is 268 g/mol. The van der Waals surface area contributed by atoms with Crippen molar-refractivity contribution >= 4 is 22.5 Å². The summed E-state index contributed by atoms with van der Waals surface area (Å²) in [5, 5.41) is 0.513. The molecule has 1 saturated heterocycles. The van der Waals surface area contributed by atoms with Crippen LogP contribution in [-0.2, 0) is 4.74 Å². The first kappa shape index (κ1) is 13.9. The largest absolute Gasteiger partial charge is 0.399 e. The molecule has 1 aromatic carbocycles. The number of fused-ring (bicyclic) bond motifs is 1. The number of aromatic amines is 1. The van der Waals surface area contributed by atoms with E-state index in [1.54, 1.807) is 18.2 Å². The van der Waals surface area contributed by atoms with Gasteiger partial charge in [0.2, 0.25) is 5.95 Å². The average molecular weight is 288 g/mol. The van der Waals surface area contributed by atoms with Gasteiger partial charge >= 0.3 is 0 Å². The van der Waals surface area contributed by atoms with E-state index in [2.05, 4.69) is 14.9 Å². The molecular formula is C15H20N4O2. The molecule has 6 nitrogen and oxygen atoms in total. The number of nitrogen functional groups attached to an aromatic ring is 1. The molecule has 21 heavy (non-hydrogen) atoms. The number of anilines is 2. The van der Waals surface area contributed by atoms with Crippen molar-refractivity contribution in [2.75, 3.05) is 23.7 Å². The zero-order chi connectivity index (χ0) is 15.2. The predicted molar refractivity (Wildman–Crippen MR) is 83.6 cm³/mol. The molecule has 0 saturated carbocycles. The van der Waals surface area contributed by atoms with Crippen LogP contribution in [0.2, 0.25) is 0 Å². The molecule has 2 heterocycles. The fourth-order valence-electron chi connectivity index (χ4n) is 2.91. The first-order chi connectivity index (χ1) is 9.84. The Hall–Kier alpha value is -2.08. The van der Waals surface area contributed by atoms with Crippen molar-refractivity contribution in [2.45, 2.75) is 32.5 Å². The van der Waals surface area contributed by atoms with Crippen LogP contribution in [0.5, 0.6) is 0 Å². The number of rotatable bonds is 1. The van der Waals surface area contributed by atoms with Crippen LogP contribution in [0.4, 0.5) is 11.6 Å². The number of nitrogens with zero attached hydrogens (tertiary/aromatic N) is 2. The Kier molecular flexibility index (Phi) is 3.13. The van der Waals surface area contributed by atoms with Gasteiger partial charge in [-0.25, -0.2) is 4.98 Å². The standard InChI is InChI=1S/C15H20N4O2/c1-9-7-19(8-15(2,3)21-9)14-17-12-5-4-10(16)6-11(12)13(20)18-14/h4-6,9H,7-8,16H2,1-3H3,(H,17,18,20). The highest BCUT2D eigenvalue weighted by molar-refractivity contribution is 5.81. The highest BCUT2D eigenvalue weighted by atomic mass is 16.5. The molecule has 2 aromatic rings. The lowest BCUT2D eigenvalue weighted by Crippen LogP contribution is -2.52. The van der Waals surface area contributed by atoms with Gasteiger partial charge in [-0.15, -0.1) is 0 Å². The maximum Gasteiger partial charge on any atom is 0.260 e. The van der Waals surface area contributed by atoms with Crippen molar-refractivity contribution in [3.05, 3.63) is 28.6 Å². The molecule has 0 aliphatic carbocycles. The van der Waals surface area contributed by atoms with E-state index in [0.717, 1.165) is 0 Å². The van der Waals surface area contributed by atoms with Gasteiger partial charge in [-0.05, 0) is 39.0 Å². The fraction of sp³-hybridized carbons (Fsp3) is 0.467. The van der Waals surface area contributed by atoms with E-state index in [1.165, 1.54) is 0 Å². The van der Waals surface area contributed by atoms with Crippen LogP contribution in [0.15, 0.2) is 23.0 Å². The molecule has 1 aliphatic rings. The Morgan fingerprint density at radius 2 is 2.24 bits per heavy atom. The summed E-state index contributed by atoms with van der Waals surface area (Å²) in [7, 11) is 0. The van der Waals surface area contributed by atoms with E-state index in [-0.39, 0.29) is 17.3 Å². The van der Waals surface area contributed by atoms with Gasteiger partial charge in [0, 0.05) is 18.8 Å². The van der Waals surface area contributed by atoms with Gasteiger partial charge in [-0.2, -0.15) is 0 Å². The summed E-state index contributed by atoms with van der Waals surface area (Å²) in [5.41, 5.74) is 6.49. The zero-order valence-corrected chi connectivity index (χ0v) is 12.5. The SMILES string of the molecule is CC1CN(c2nc3ccc(N)cc3c(=O)[nH]2)CC(C)(C)O1. The number of hydrogen-bond acceptors (Lipinski definition) is 5. The molecule has 112 valence electrons. The number of nitrogens with two attached hydrogens (primary N) is 1. The molecule has 1 fully saturated rings. The number of hydrogen-bond donors (Lipinski definition) is 2. The quantitative estimate of drug-likeness (QED) is 0.777. The van der Waals surface area contributed by atoms with E-state index in [1.807, 2.05) is 20.8 Å². The number of benzene rings is 1. The van der Waals surface area contributed by atoms with Gasteiger partial charge < -0.3 is 15.4 Å². The van der Waals surface area contributed by atoms with Crippen LogP contribution in [0.1, 0.15) is 20.8 Å². The molecule has 3 N–H and O–H groups in total. The number of aromatic nitrogens is 2. The van der Waals surface area contributed by atoms with Gasteiger partial charge in [0.25, 0.3) is 5.56 Å². The van der Waals surface area contributed by atoms with Crippen LogP contribution < -0.4 is 16.2 Å². The lowest BCUT2D eigenvalue weighted by Gasteiger charge is -2.41. The third kappa shape index (κ3) is 2.71. The second kappa shape index (κ2) is 4.73. The Morgan fingerprint density at radius 1 is 1.48 bits per heavy atom. The highest BCUT2D eigenvalue weighted by Gasteiger charge is 2.32. The normalized spacial score (nSPS) is 21.7. The van der Waals surface area contributed by atoms with Crippen molar-refractivity contribution in [1.29, 1.82) is 0 Å².